The lowest BCUT2D eigenvalue weighted by molar-refractivity contribution is -0.0302. The van der Waals surface area contributed by atoms with E-state index in [2.05, 4.69) is 0 Å². The van der Waals surface area contributed by atoms with Gasteiger partial charge < -0.3 is 4.74 Å². The zero-order valence-electron chi connectivity index (χ0n) is 11.8. The second-order valence-electron chi connectivity index (χ2n) is 5.09. The Balaban J connectivity index is 2.25. The highest BCUT2D eigenvalue weighted by Crippen LogP contribution is 2.28. The van der Waals surface area contributed by atoms with Crippen molar-refractivity contribution in [2.24, 2.45) is 0 Å². The van der Waals surface area contributed by atoms with E-state index in [-0.39, 0.29) is 12.1 Å². The van der Waals surface area contributed by atoms with Gasteiger partial charge in [-0.2, -0.15) is 17.0 Å². The Morgan fingerprint density at radius 3 is 2.70 bits per heavy atom. The number of hydrogen-bond donors (Lipinski definition) is 0. The van der Waals surface area contributed by atoms with Crippen LogP contribution in [-0.4, -0.2) is 50.3 Å². The van der Waals surface area contributed by atoms with E-state index in [1.54, 1.807) is 6.07 Å². The summed E-state index contributed by atoms with van der Waals surface area (Å²) in [7, 11) is -0.379. The summed E-state index contributed by atoms with van der Waals surface area (Å²) in [4.78, 5) is 0. The van der Waals surface area contributed by atoms with Gasteiger partial charge in [-0.05, 0) is 24.6 Å². The van der Waals surface area contributed by atoms with Crippen LogP contribution in [0.1, 0.15) is 18.6 Å². The number of hydrogen-bond acceptors (Lipinski definition) is 3. The summed E-state index contributed by atoms with van der Waals surface area (Å²) < 4.78 is 33.1. The Kier molecular flexibility index (Phi) is 4.71. The fourth-order valence-electron chi connectivity index (χ4n) is 2.17. The first kappa shape index (κ1) is 15.7. The molecule has 1 saturated heterocycles. The van der Waals surface area contributed by atoms with Crippen LogP contribution >= 0.6 is 11.6 Å². The predicted octanol–water partition coefficient (Wildman–Crippen LogP) is 1.91. The fraction of sp³-hybridized carbons (Fsp3) is 0.538. The Labute approximate surface area is 125 Å². The van der Waals surface area contributed by atoms with Gasteiger partial charge in [0.15, 0.2) is 0 Å². The lowest BCUT2D eigenvalue weighted by Gasteiger charge is -2.38. The Morgan fingerprint density at radius 1 is 1.40 bits per heavy atom. The lowest BCUT2D eigenvalue weighted by atomic mass is 10.1. The van der Waals surface area contributed by atoms with Gasteiger partial charge in [0, 0.05) is 31.7 Å². The molecule has 5 nitrogen and oxygen atoms in total. The minimum Gasteiger partial charge on any atom is -0.370 e. The van der Waals surface area contributed by atoms with Crippen LogP contribution < -0.4 is 0 Å². The van der Waals surface area contributed by atoms with Crippen LogP contribution in [-0.2, 0) is 14.9 Å². The molecule has 7 heteroatoms. The first-order chi connectivity index (χ1) is 9.32. The van der Waals surface area contributed by atoms with E-state index in [4.69, 9.17) is 16.3 Å². The zero-order chi connectivity index (χ0) is 14.9. The normalized spacial score (nSPS) is 25.1. The highest BCUT2D eigenvalue weighted by molar-refractivity contribution is 7.86. The molecule has 1 aromatic rings. The molecule has 0 aromatic heterocycles. The van der Waals surface area contributed by atoms with Crippen LogP contribution in [0.4, 0.5) is 0 Å². The smallest absolute Gasteiger partial charge is 0.281 e. The minimum absolute atomic E-state index is 0.183. The summed E-state index contributed by atoms with van der Waals surface area (Å²) in [6.45, 7) is 2.50. The SMILES string of the molecule is C[C@H]1CO[C@H](c2cccc(Cl)c2)CN1S(=O)(=O)N(C)C. The van der Waals surface area contributed by atoms with E-state index in [1.165, 1.54) is 22.7 Å². The van der Waals surface area contributed by atoms with Crippen molar-refractivity contribution in [3.8, 4) is 0 Å². The minimum atomic E-state index is -3.45. The third-order valence-electron chi connectivity index (χ3n) is 3.35. The van der Waals surface area contributed by atoms with Crippen LogP contribution in [0.3, 0.4) is 0 Å². The first-order valence-electron chi connectivity index (χ1n) is 6.38. The summed E-state index contributed by atoms with van der Waals surface area (Å²) in [5, 5.41) is 0.617. The van der Waals surface area contributed by atoms with E-state index in [9.17, 15) is 8.42 Å². The van der Waals surface area contributed by atoms with Crippen molar-refractivity contribution >= 4 is 21.8 Å². The van der Waals surface area contributed by atoms with Gasteiger partial charge in [-0.3, -0.25) is 0 Å². The van der Waals surface area contributed by atoms with E-state index >= 15 is 0 Å². The molecule has 2 atom stereocenters. The monoisotopic (exact) mass is 318 g/mol. The Bertz CT molecular complexity index is 577. The molecule has 0 N–H and O–H groups in total. The third kappa shape index (κ3) is 3.15. The highest BCUT2D eigenvalue weighted by atomic mass is 35.5. The van der Waals surface area contributed by atoms with Gasteiger partial charge in [-0.1, -0.05) is 23.7 Å². The molecule has 0 spiro atoms. The van der Waals surface area contributed by atoms with E-state index in [0.717, 1.165) is 5.56 Å². The number of nitrogens with zero attached hydrogens (tertiary/aromatic N) is 2. The van der Waals surface area contributed by atoms with E-state index in [1.807, 2.05) is 25.1 Å². The van der Waals surface area contributed by atoms with Gasteiger partial charge in [-0.25, -0.2) is 0 Å². The van der Waals surface area contributed by atoms with Crippen molar-refractivity contribution in [3.05, 3.63) is 34.9 Å². The highest BCUT2D eigenvalue weighted by Gasteiger charge is 2.36. The number of benzene rings is 1. The quantitative estimate of drug-likeness (QED) is 0.855. The van der Waals surface area contributed by atoms with Crippen LogP contribution in [0.2, 0.25) is 5.02 Å². The molecule has 0 amide bonds. The van der Waals surface area contributed by atoms with E-state index in [0.29, 0.717) is 18.2 Å². The van der Waals surface area contributed by atoms with Crippen LogP contribution in [0.15, 0.2) is 24.3 Å². The van der Waals surface area contributed by atoms with Gasteiger partial charge in [0.2, 0.25) is 0 Å². The second kappa shape index (κ2) is 5.99. The van der Waals surface area contributed by atoms with Gasteiger partial charge >= 0.3 is 0 Å². The number of rotatable bonds is 3. The average molecular weight is 319 g/mol. The van der Waals surface area contributed by atoms with E-state index < -0.39 is 10.2 Å². The molecule has 0 aliphatic carbocycles. The van der Waals surface area contributed by atoms with Crippen molar-refractivity contribution in [2.45, 2.75) is 19.1 Å². The maximum atomic E-state index is 12.3. The van der Waals surface area contributed by atoms with Crippen molar-refractivity contribution in [3.63, 3.8) is 0 Å². The summed E-state index contributed by atoms with van der Waals surface area (Å²) in [6.07, 6.45) is -0.292. The summed E-state index contributed by atoms with van der Waals surface area (Å²) >= 11 is 5.97. The summed E-state index contributed by atoms with van der Waals surface area (Å²) in [6, 6.07) is 7.14. The third-order valence-corrected chi connectivity index (χ3v) is 5.61. The van der Waals surface area contributed by atoms with Crippen molar-refractivity contribution in [1.29, 1.82) is 0 Å². The largest absolute Gasteiger partial charge is 0.370 e. The molecular weight excluding hydrogens is 300 g/mol. The molecule has 2 rings (SSSR count). The Morgan fingerprint density at radius 2 is 2.10 bits per heavy atom. The maximum absolute atomic E-state index is 12.3. The number of halogens is 1. The summed E-state index contributed by atoms with van der Waals surface area (Å²) in [5.74, 6) is 0. The maximum Gasteiger partial charge on any atom is 0.281 e. The molecule has 0 radical (unpaired) electrons. The molecular formula is C13H19ClN2O3S. The number of morpholine rings is 1. The van der Waals surface area contributed by atoms with Gasteiger partial charge in [-0.15, -0.1) is 0 Å². The molecule has 20 heavy (non-hydrogen) atoms. The number of ether oxygens (including phenoxy) is 1. The van der Waals surface area contributed by atoms with Crippen molar-refractivity contribution in [2.75, 3.05) is 27.2 Å². The van der Waals surface area contributed by atoms with Crippen molar-refractivity contribution < 1.29 is 13.2 Å². The van der Waals surface area contributed by atoms with Gasteiger partial charge in [0.1, 0.15) is 0 Å². The average Bonchev–Trinajstić information content (AvgIpc) is 2.38. The summed E-state index contributed by atoms with van der Waals surface area (Å²) in [5.41, 5.74) is 0.892. The molecule has 0 unspecified atom stereocenters. The zero-order valence-corrected chi connectivity index (χ0v) is 13.4. The molecule has 1 heterocycles. The molecule has 1 fully saturated rings. The Hall–Kier alpha value is -0.660. The van der Waals surface area contributed by atoms with Crippen LogP contribution in [0, 0.1) is 0 Å². The van der Waals surface area contributed by atoms with Crippen LogP contribution in [0.5, 0.6) is 0 Å². The molecule has 1 aliphatic heterocycles. The topological polar surface area (TPSA) is 49.9 Å². The van der Waals surface area contributed by atoms with Gasteiger partial charge in [0.25, 0.3) is 10.2 Å². The van der Waals surface area contributed by atoms with Crippen LogP contribution in [0.25, 0.3) is 0 Å². The lowest BCUT2D eigenvalue weighted by Crippen LogP contribution is -2.51. The molecule has 0 saturated carbocycles. The molecule has 1 aromatic carbocycles. The second-order valence-corrected chi connectivity index (χ2v) is 7.62. The van der Waals surface area contributed by atoms with Gasteiger partial charge in [0.05, 0.1) is 12.7 Å². The standard InChI is InChI=1S/C13H19ClN2O3S/c1-10-9-19-13(11-5-4-6-12(14)7-11)8-16(10)20(17,18)15(2)3/h4-7,10,13H,8-9H2,1-3H3/t10-,13-/m0/s1. The molecule has 1 aliphatic rings. The fourth-order valence-corrected chi connectivity index (χ4v) is 3.63. The molecule has 112 valence electrons. The molecule has 0 bridgehead atoms. The van der Waals surface area contributed by atoms with Crippen molar-refractivity contribution in [1.82, 2.24) is 8.61 Å². The first-order valence-corrected chi connectivity index (χ1v) is 8.16. The predicted molar refractivity (Wildman–Crippen MR) is 78.9 cm³/mol.